The molecule has 0 fully saturated rings. The van der Waals surface area contributed by atoms with Gasteiger partial charge >= 0.3 is 0 Å². The van der Waals surface area contributed by atoms with Crippen molar-refractivity contribution >= 4 is 22.6 Å². The third kappa shape index (κ3) is 1.40. The van der Waals surface area contributed by atoms with Crippen LogP contribution < -0.4 is 0 Å². The first-order valence-electron chi connectivity index (χ1n) is 2.36. The first-order valence-corrected chi connectivity index (χ1v) is 3.44. The summed E-state index contributed by atoms with van der Waals surface area (Å²) in [6.45, 7) is 3.78. The predicted octanol–water partition coefficient (Wildman–Crippen LogP) is 2.64. The summed E-state index contributed by atoms with van der Waals surface area (Å²) in [4.78, 5) is 0. The van der Waals surface area contributed by atoms with E-state index in [1.165, 1.54) is 3.58 Å². The highest BCUT2D eigenvalue weighted by molar-refractivity contribution is 14.1. The van der Waals surface area contributed by atoms with Gasteiger partial charge in [0.05, 0.1) is 18.1 Å². The molecule has 0 aromatic heterocycles. The highest BCUT2D eigenvalue weighted by atomic mass is 127. The van der Waals surface area contributed by atoms with Gasteiger partial charge in [-0.3, -0.25) is 0 Å². The van der Waals surface area contributed by atoms with Crippen LogP contribution in [0.2, 0.25) is 0 Å². The Balaban J connectivity index is 2.74. The molecule has 8 heavy (non-hydrogen) atoms. The highest BCUT2D eigenvalue weighted by Crippen LogP contribution is 2.18. The van der Waals surface area contributed by atoms with E-state index in [0.29, 0.717) is 0 Å². The van der Waals surface area contributed by atoms with E-state index < -0.39 is 0 Å². The lowest BCUT2D eigenvalue weighted by molar-refractivity contribution is 1.58. The summed E-state index contributed by atoms with van der Waals surface area (Å²) < 4.78 is 1.25. The van der Waals surface area contributed by atoms with Crippen LogP contribution in [0.5, 0.6) is 0 Å². The molecule has 1 aliphatic rings. The van der Waals surface area contributed by atoms with Crippen LogP contribution in [0.3, 0.4) is 0 Å². The van der Waals surface area contributed by atoms with E-state index in [9.17, 15) is 0 Å². The fraction of sp³-hybridized carbons (Fsp3) is 0. The fourth-order valence-corrected chi connectivity index (χ4v) is 1.14. The van der Waals surface area contributed by atoms with Crippen molar-refractivity contribution in [3.8, 4) is 0 Å². The Labute approximate surface area is 63.1 Å². The van der Waals surface area contributed by atoms with Crippen molar-refractivity contribution < 1.29 is 0 Å². The highest BCUT2D eigenvalue weighted by Gasteiger charge is 2.03. The van der Waals surface area contributed by atoms with E-state index in [4.69, 9.17) is 0 Å². The molecule has 0 atom stereocenters. The predicted molar refractivity (Wildman–Crippen MR) is 44.7 cm³/mol. The Morgan fingerprint density at radius 2 is 2.38 bits per heavy atom. The summed E-state index contributed by atoms with van der Waals surface area (Å²) in [6.07, 6.45) is 8.09. The molecule has 0 saturated carbocycles. The molecule has 0 N–H and O–H groups in total. The zero-order chi connectivity index (χ0) is 5.98. The summed E-state index contributed by atoms with van der Waals surface area (Å²) in [5.41, 5.74) is 1.08. The summed E-state index contributed by atoms with van der Waals surface area (Å²) >= 11 is 2.27. The van der Waals surface area contributed by atoms with Crippen molar-refractivity contribution in [3.63, 3.8) is 0 Å². The van der Waals surface area contributed by atoms with E-state index in [1.54, 1.807) is 0 Å². The van der Waals surface area contributed by atoms with Gasteiger partial charge in [0.2, 0.25) is 0 Å². The Bertz CT molecular complexity index is 163. The molecule has 0 heterocycles. The van der Waals surface area contributed by atoms with Crippen molar-refractivity contribution in [3.05, 3.63) is 40.4 Å². The maximum absolute atomic E-state index is 3.78. The minimum Gasteiger partial charge on any atom is -0.0647 e. The summed E-state index contributed by atoms with van der Waals surface area (Å²) in [5.74, 6) is 0. The number of hydrogen-bond acceptors (Lipinski definition) is 0. The van der Waals surface area contributed by atoms with E-state index in [-0.39, 0.29) is 0 Å². The normalized spacial score (nSPS) is 17.6. The molecule has 0 bridgehead atoms. The molecular weight excluding hydrogens is 211 g/mol. The van der Waals surface area contributed by atoms with Gasteiger partial charge in [-0.15, -0.1) is 0 Å². The van der Waals surface area contributed by atoms with Gasteiger partial charge in [-0.05, 0) is 22.6 Å². The Morgan fingerprint density at radius 3 is 2.75 bits per heavy atom. The second-order valence-electron chi connectivity index (χ2n) is 1.63. The summed E-state index contributed by atoms with van der Waals surface area (Å²) in [7, 11) is 0. The van der Waals surface area contributed by atoms with Gasteiger partial charge in [-0.25, -0.2) is 0 Å². The molecule has 0 amide bonds. The van der Waals surface area contributed by atoms with Gasteiger partial charge in [-0.1, -0.05) is 6.58 Å². The van der Waals surface area contributed by atoms with Gasteiger partial charge < -0.3 is 0 Å². The number of halogens is 1. The molecule has 0 nitrogen and oxygen atoms in total. The van der Waals surface area contributed by atoms with Gasteiger partial charge in [0.1, 0.15) is 3.58 Å². The van der Waals surface area contributed by atoms with Crippen LogP contribution in [0.15, 0.2) is 34.0 Å². The Morgan fingerprint density at radius 1 is 1.62 bits per heavy atom. The van der Waals surface area contributed by atoms with Crippen LogP contribution in [0.4, 0.5) is 0 Å². The van der Waals surface area contributed by atoms with Gasteiger partial charge in [-0.2, -0.15) is 0 Å². The fourth-order valence-electron chi connectivity index (χ4n) is 0.537. The van der Waals surface area contributed by atoms with E-state index >= 15 is 0 Å². The first kappa shape index (κ1) is 5.95. The molecule has 0 aromatic carbocycles. The van der Waals surface area contributed by atoms with Crippen molar-refractivity contribution in [2.45, 2.75) is 0 Å². The average molecular weight is 217 g/mol. The van der Waals surface area contributed by atoms with Gasteiger partial charge in [0.25, 0.3) is 0 Å². The Kier molecular flexibility index (Phi) is 1.78. The second kappa shape index (κ2) is 2.40. The van der Waals surface area contributed by atoms with E-state index in [1.807, 2.05) is 18.2 Å². The number of rotatable bonds is 0. The molecule has 0 aromatic rings. The minimum absolute atomic E-state index is 1.08. The second-order valence-corrected chi connectivity index (χ2v) is 2.88. The molecule has 1 aliphatic carbocycles. The smallest absolute Gasteiger partial charge is 0.0647 e. The molecule has 40 valence electrons. The standard InChI is InChI=1S/C7H6I/c1-6-3-2-4-7(8)5-6/h2-5H,1H2/q+1. The monoisotopic (exact) mass is 217 g/mol. The Hall–Kier alpha value is -0.180. The van der Waals surface area contributed by atoms with Gasteiger partial charge in [0, 0.05) is 12.2 Å². The van der Waals surface area contributed by atoms with Crippen molar-refractivity contribution in [1.82, 2.24) is 0 Å². The lowest BCUT2D eigenvalue weighted by atomic mass is 10.1. The van der Waals surface area contributed by atoms with Crippen LogP contribution in [-0.4, -0.2) is 0 Å². The maximum Gasteiger partial charge on any atom is 0.122 e. The quantitative estimate of drug-likeness (QED) is 0.432. The molecule has 0 radical (unpaired) electrons. The molecule has 1 heteroatoms. The lowest BCUT2D eigenvalue weighted by Crippen LogP contribution is -1.79. The van der Waals surface area contributed by atoms with Crippen molar-refractivity contribution in [2.24, 2.45) is 0 Å². The van der Waals surface area contributed by atoms with Crippen LogP contribution in [0.25, 0.3) is 0 Å². The van der Waals surface area contributed by atoms with Crippen molar-refractivity contribution in [1.29, 1.82) is 0 Å². The van der Waals surface area contributed by atoms with Crippen molar-refractivity contribution in [2.75, 3.05) is 0 Å². The van der Waals surface area contributed by atoms with Crippen LogP contribution in [0.1, 0.15) is 0 Å². The first-order chi connectivity index (χ1) is 3.79. The van der Waals surface area contributed by atoms with Crippen LogP contribution in [-0.2, 0) is 0 Å². The lowest BCUT2D eigenvalue weighted by Gasteiger charge is -1.89. The van der Waals surface area contributed by atoms with Crippen LogP contribution in [0, 0.1) is 6.42 Å². The third-order valence-electron chi connectivity index (χ3n) is 0.889. The largest absolute Gasteiger partial charge is 0.122 e. The average Bonchev–Trinajstić information content (AvgIpc) is 1.64. The topological polar surface area (TPSA) is 0 Å². The van der Waals surface area contributed by atoms with Crippen LogP contribution >= 0.6 is 22.6 Å². The SMILES string of the molecule is C=C1C=C[CH+]C(I)=C1. The molecule has 0 unspecified atom stereocenters. The molecular formula is C7H6I+. The molecule has 0 saturated heterocycles. The minimum atomic E-state index is 1.08. The molecule has 0 spiro atoms. The van der Waals surface area contributed by atoms with E-state index in [2.05, 4.69) is 35.6 Å². The van der Waals surface area contributed by atoms with E-state index in [0.717, 1.165) is 5.57 Å². The number of allylic oxidation sites excluding steroid dienone is 5. The molecule has 1 rings (SSSR count). The number of hydrogen-bond donors (Lipinski definition) is 0. The van der Waals surface area contributed by atoms with Gasteiger partial charge in [0.15, 0.2) is 0 Å². The zero-order valence-electron chi connectivity index (χ0n) is 4.39. The molecule has 0 aliphatic heterocycles. The summed E-state index contributed by atoms with van der Waals surface area (Å²) in [5, 5.41) is 0. The zero-order valence-corrected chi connectivity index (χ0v) is 6.55. The third-order valence-corrected chi connectivity index (χ3v) is 1.56. The summed E-state index contributed by atoms with van der Waals surface area (Å²) in [6, 6.07) is 0. The maximum atomic E-state index is 3.78.